The molecule has 0 aliphatic carbocycles. The molecule has 0 spiro atoms. The number of fused-ring (bicyclic) bond motifs is 1. The lowest BCUT2D eigenvalue weighted by atomic mass is 9.96. The van der Waals surface area contributed by atoms with Crippen LogP contribution in [-0.4, -0.2) is 32.3 Å². The highest BCUT2D eigenvalue weighted by atomic mass is 16.6. The largest absolute Gasteiger partial charge is 0.494 e. The summed E-state index contributed by atoms with van der Waals surface area (Å²) in [6.07, 6.45) is 1.35. The van der Waals surface area contributed by atoms with Crippen molar-refractivity contribution in [3.8, 4) is 22.9 Å². The third-order valence-electron chi connectivity index (χ3n) is 7.29. The van der Waals surface area contributed by atoms with Gasteiger partial charge in [0.15, 0.2) is 11.6 Å². The van der Waals surface area contributed by atoms with Gasteiger partial charge < -0.3 is 9.47 Å². The number of aryl methyl sites for hydroxylation is 1. The first-order chi connectivity index (χ1) is 22.1. The van der Waals surface area contributed by atoms with E-state index in [1.807, 2.05) is 26.0 Å². The van der Waals surface area contributed by atoms with Gasteiger partial charge in [0.25, 0.3) is 11.2 Å². The maximum absolute atomic E-state index is 13.8. The van der Waals surface area contributed by atoms with E-state index in [4.69, 9.17) is 14.5 Å². The Morgan fingerprint density at radius 2 is 1.72 bits per heavy atom. The van der Waals surface area contributed by atoms with Crippen LogP contribution in [0.1, 0.15) is 48.9 Å². The Bertz CT molecular complexity index is 2050. The number of non-ortho nitro benzene ring substituents is 1. The van der Waals surface area contributed by atoms with Gasteiger partial charge in [0.05, 0.1) is 33.6 Å². The van der Waals surface area contributed by atoms with Crippen LogP contribution in [0.5, 0.6) is 11.5 Å². The molecular formula is C34H31N5O7. The third-order valence-corrected chi connectivity index (χ3v) is 7.29. The summed E-state index contributed by atoms with van der Waals surface area (Å²) in [7, 11) is 0. The Kier molecular flexibility index (Phi) is 9.17. The lowest BCUT2D eigenvalue weighted by molar-refractivity contribution is -0.386. The Hall–Kier alpha value is -5.91. The van der Waals surface area contributed by atoms with Gasteiger partial charge in [-0.15, -0.1) is 0 Å². The molecule has 46 heavy (non-hydrogen) atoms. The quantitative estimate of drug-likeness (QED) is 0.0855. The first-order valence-corrected chi connectivity index (χ1v) is 14.6. The number of rotatable bonds is 11. The van der Waals surface area contributed by atoms with Crippen molar-refractivity contribution < 1.29 is 19.3 Å². The molecule has 1 aromatic heterocycles. The lowest BCUT2D eigenvalue weighted by Crippen LogP contribution is -2.21. The molecule has 12 heteroatoms. The first kappa shape index (κ1) is 31.5. The third kappa shape index (κ3) is 6.60. The molecule has 12 nitrogen and oxygen atoms in total. The van der Waals surface area contributed by atoms with Gasteiger partial charge in [-0.1, -0.05) is 38.1 Å². The second-order valence-electron chi connectivity index (χ2n) is 10.8. The summed E-state index contributed by atoms with van der Waals surface area (Å²) in [4.78, 5) is 40.5. The van der Waals surface area contributed by atoms with Crippen LogP contribution in [0.4, 0.5) is 11.4 Å². The molecule has 0 radical (unpaired) electrons. The van der Waals surface area contributed by atoms with E-state index in [0.717, 1.165) is 16.9 Å². The zero-order valence-corrected chi connectivity index (χ0v) is 25.7. The Morgan fingerprint density at radius 3 is 2.43 bits per heavy atom. The van der Waals surface area contributed by atoms with Crippen molar-refractivity contribution in [3.63, 3.8) is 0 Å². The molecule has 5 rings (SSSR count). The Morgan fingerprint density at radius 1 is 0.935 bits per heavy atom. The van der Waals surface area contributed by atoms with E-state index in [2.05, 4.69) is 18.9 Å². The van der Waals surface area contributed by atoms with Crippen LogP contribution in [0.25, 0.3) is 22.3 Å². The molecule has 0 aliphatic heterocycles. The molecule has 0 N–H and O–H groups in total. The molecule has 0 fully saturated rings. The Labute approximate surface area is 263 Å². The van der Waals surface area contributed by atoms with E-state index in [9.17, 15) is 25.0 Å². The summed E-state index contributed by atoms with van der Waals surface area (Å²) in [5, 5.41) is 27.9. The zero-order chi connectivity index (χ0) is 33.0. The molecule has 0 unspecified atom stereocenters. The smallest absolute Gasteiger partial charge is 0.311 e. The summed E-state index contributed by atoms with van der Waals surface area (Å²) in [5.74, 6) is 1.18. The highest BCUT2D eigenvalue weighted by Crippen LogP contribution is 2.34. The van der Waals surface area contributed by atoms with Crippen molar-refractivity contribution >= 4 is 28.5 Å². The van der Waals surface area contributed by atoms with Gasteiger partial charge in [0.1, 0.15) is 12.4 Å². The Balaban J connectivity index is 1.56. The number of hydrogen-bond donors (Lipinski definition) is 0. The summed E-state index contributed by atoms with van der Waals surface area (Å²) in [5.41, 5.74) is 2.97. The summed E-state index contributed by atoms with van der Waals surface area (Å²) < 4.78 is 12.8. The minimum absolute atomic E-state index is 0.0230. The fourth-order valence-corrected chi connectivity index (χ4v) is 5.00. The highest BCUT2D eigenvalue weighted by molar-refractivity contribution is 5.83. The van der Waals surface area contributed by atoms with E-state index in [1.165, 1.54) is 41.2 Å². The average Bonchev–Trinajstić information content (AvgIpc) is 3.03. The predicted octanol–water partition coefficient (Wildman–Crippen LogP) is 7.17. The number of hydrogen-bond acceptors (Lipinski definition) is 9. The van der Waals surface area contributed by atoms with Crippen LogP contribution in [0.3, 0.4) is 0 Å². The van der Waals surface area contributed by atoms with Crippen molar-refractivity contribution in [2.45, 2.75) is 40.2 Å². The zero-order valence-electron chi connectivity index (χ0n) is 25.7. The topological polar surface area (TPSA) is 152 Å². The summed E-state index contributed by atoms with van der Waals surface area (Å²) in [6, 6.07) is 21.0. The van der Waals surface area contributed by atoms with E-state index >= 15 is 0 Å². The molecule has 0 bridgehead atoms. The number of nitro benzene ring substituents is 2. The van der Waals surface area contributed by atoms with Crippen LogP contribution >= 0.6 is 0 Å². The summed E-state index contributed by atoms with van der Waals surface area (Å²) >= 11 is 0. The number of benzene rings is 4. The van der Waals surface area contributed by atoms with Crippen LogP contribution in [-0.2, 0) is 6.61 Å². The standard InChI is InChI=1S/C34H31N5O7/c1-5-45-32-15-22(4)28(18-27(32)21(2)3)33-36-29-12-7-6-11-26(29)34(40)37(33)35-19-23-13-14-31(30(17-23)39(43)44)46-20-24-9-8-10-25(16-24)38(41)42/h6-19,21H,5,20H2,1-4H3. The number of nitrogens with zero attached hydrogens (tertiary/aromatic N) is 5. The maximum Gasteiger partial charge on any atom is 0.311 e. The average molecular weight is 622 g/mol. The van der Waals surface area contributed by atoms with Gasteiger partial charge in [-0.25, -0.2) is 4.98 Å². The molecule has 0 atom stereocenters. The van der Waals surface area contributed by atoms with E-state index in [1.54, 1.807) is 36.4 Å². The molecule has 0 saturated heterocycles. The SMILES string of the molecule is CCOc1cc(C)c(-c2nc3ccccc3c(=O)n2N=Cc2ccc(OCc3cccc([N+](=O)[O-])c3)c([N+](=O)[O-])c2)cc1C(C)C. The number of aromatic nitrogens is 2. The van der Waals surface area contributed by atoms with Gasteiger partial charge in [-0.3, -0.25) is 25.0 Å². The number of ether oxygens (including phenoxy) is 2. The fourth-order valence-electron chi connectivity index (χ4n) is 5.00. The van der Waals surface area contributed by atoms with Crippen molar-refractivity contribution in [1.29, 1.82) is 0 Å². The van der Waals surface area contributed by atoms with Gasteiger partial charge in [-0.2, -0.15) is 9.78 Å². The van der Waals surface area contributed by atoms with Crippen molar-refractivity contribution in [1.82, 2.24) is 9.66 Å². The highest BCUT2D eigenvalue weighted by Gasteiger charge is 2.20. The minimum atomic E-state index is -0.591. The van der Waals surface area contributed by atoms with E-state index in [-0.39, 0.29) is 29.6 Å². The van der Waals surface area contributed by atoms with Crippen molar-refractivity contribution in [3.05, 3.63) is 132 Å². The van der Waals surface area contributed by atoms with Crippen LogP contribution < -0.4 is 15.0 Å². The molecule has 5 aromatic rings. The molecule has 0 saturated carbocycles. The van der Waals surface area contributed by atoms with Crippen LogP contribution in [0.15, 0.2) is 88.8 Å². The van der Waals surface area contributed by atoms with Crippen molar-refractivity contribution in [2.75, 3.05) is 6.61 Å². The molecule has 234 valence electrons. The minimum Gasteiger partial charge on any atom is -0.494 e. The van der Waals surface area contributed by atoms with Gasteiger partial charge in [-0.05, 0) is 72.9 Å². The monoisotopic (exact) mass is 621 g/mol. The molecule has 4 aromatic carbocycles. The first-order valence-electron chi connectivity index (χ1n) is 14.6. The molecule has 1 heterocycles. The van der Waals surface area contributed by atoms with Crippen LogP contribution in [0.2, 0.25) is 0 Å². The second kappa shape index (κ2) is 13.4. The van der Waals surface area contributed by atoms with Gasteiger partial charge >= 0.3 is 5.69 Å². The second-order valence-corrected chi connectivity index (χ2v) is 10.8. The predicted molar refractivity (Wildman–Crippen MR) is 175 cm³/mol. The lowest BCUT2D eigenvalue weighted by Gasteiger charge is -2.18. The molecule has 0 aliphatic rings. The fraction of sp³-hybridized carbons (Fsp3) is 0.206. The van der Waals surface area contributed by atoms with Crippen LogP contribution in [0, 0.1) is 27.2 Å². The van der Waals surface area contributed by atoms with Gasteiger partial charge in [0, 0.05) is 29.3 Å². The normalized spacial score (nSPS) is 11.3. The summed E-state index contributed by atoms with van der Waals surface area (Å²) in [6.45, 7) is 8.34. The molecular weight excluding hydrogens is 590 g/mol. The van der Waals surface area contributed by atoms with Gasteiger partial charge in [0.2, 0.25) is 0 Å². The number of para-hydroxylation sites is 1. The molecule has 0 amide bonds. The number of nitro groups is 2. The van der Waals surface area contributed by atoms with E-state index in [0.29, 0.717) is 40.0 Å². The van der Waals surface area contributed by atoms with E-state index < -0.39 is 15.4 Å². The maximum atomic E-state index is 13.8. The van der Waals surface area contributed by atoms with Crippen molar-refractivity contribution in [2.24, 2.45) is 5.10 Å².